The predicted octanol–water partition coefficient (Wildman–Crippen LogP) is 1.05. The number of carbonyl (C=O) groups is 3. The van der Waals surface area contributed by atoms with Gasteiger partial charge in [-0.15, -0.1) is 0 Å². The smallest absolute Gasteiger partial charge is 0.305 e. The quantitative estimate of drug-likeness (QED) is 0.731. The van der Waals surface area contributed by atoms with Crippen molar-refractivity contribution in [3.63, 3.8) is 0 Å². The van der Waals surface area contributed by atoms with Crippen LogP contribution in [-0.4, -0.2) is 35.5 Å². The first-order valence-electron chi connectivity index (χ1n) is 5.96. The summed E-state index contributed by atoms with van der Waals surface area (Å²) >= 11 is 5.71. The van der Waals surface area contributed by atoms with E-state index in [0.717, 1.165) is 0 Å². The Kier molecular flexibility index (Phi) is 5.99. The van der Waals surface area contributed by atoms with Crippen LogP contribution in [0.1, 0.15) is 23.7 Å². The van der Waals surface area contributed by atoms with Gasteiger partial charge in [0.2, 0.25) is 5.91 Å². The van der Waals surface area contributed by atoms with Gasteiger partial charge >= 0.3 is 5.97 Å². The second kappa shape index (κ2) is 7.49. The van der Waals surface area contributed by atoms with Gasteiger partial charge in [-0.25, -0.2) is 0 Å². The maximum absolute atomic E-state index is 11.8. The highest BCUT2D eigenvalue weighted by Crippen LogP contribution is 2.09. The van der Waals surface area contributed by atoms with E-state index in [1.165, 1.54) is 6.92 Å². The lowest BCUT2D eigenvalue weighted by molar-refractivity contribution is -0.137. The Morgan fingerprint density at radius 2 is 1.85 bits per heavy atom. The molecule has 0 saturated carbocycles. The highest BCUT2D eigenvalue weighted by atomic mass is 35.5. The molecule has 1 aromatic rings. The van der Waals surface area contributed by atoms with Gasteiger partial charge in [-0.05, 0) is 31.2 Å². The Morgan fingerprint density at radius 3 is 2.40 bits per heavy atom. The number of carboxylic acid groups (broad SMARTS) is 1. The summed E-state index contributed by atoms with van der Waals surface area (Å²) in [6, 6.07) is 5.49. The number of rotatable bonds is 6. The second-order valence-electron chi connectivity index (χ2n) is 4.14. The van der Waals surface area contributed by atoms with Crippen LogP contribution < -0.4 is 10.6 Å². The molecule has 6 nitrogen and oxygen atoms in total. The third-order valence-corrected chi connectivity index (χ3v) is 2.74. The Hall–Kier alpha value is -2.08. The van der Waals surface area contributed by atoms with E-state index in [0.29, 0.717) is 10.6 Å². The standard InChI is InChI=1S/C13H15ClN2O4/c1-8(12(19)15-7-6-11(17)18)16-13(20)9-2-4-10(14)5-3-9/h2-5,8H,6-7H2,1H3,(H,15,19)(H,16,20)(H,17,18). The molecule has 0 aromatic heterocycles. The number of halogens is 1. The van der Waals surface area contributed by atoms with Gasteiger partial charge in [-0.3, -0.25) is 14.4 Å². The van der Waals surface area contributed by atoms with Crippen LogP contribution in [0.4, 0.5) is 0 Å². The van der Waals surface area contributed by atoms with Gasteiger partial charge in [0.15, 0.2) is 0 Å². The molecule has 0 bridgehead atoms. The molecule has 0 aliphatic carbocycles. The monoisotopic (exact) mass is 298 g/mol. The molecule has 1 atom stereocenters. The Labute approximate surface area is 121 Å². The molecule has 3 N–H and O–H groups in total. The molecule has 0 fully saturated rings. The van der Waals surface area contributed by atoms with E-state index in [1.54, 1.807) is 24.3 Å². The number of carbonyl (C=O) groups excluding carboxylic acids is 2. The number of amides is 2. The van der Waals surface area contributed by atoms with Crippen LogP contribution in [-0.2, 0) is 9.59 Å². The van der Waals surface area contributed by atoms with E-state index in [-0.39, 0.29) is 13.0 Å². The predicted molar refractivity (Wildman–Crippen MR) is 73.6 cm³/mol. The summed E-state index contributed by atoms with van der Waals surface area (Å²) in [4.78, 5) is 33.7. The minimum atomic E-state index is -0.997. The van der Waals surface area contributed by atoms with Crippen LogP contribution in [0.5, 0.6) is 0 Å². The van der Waals surface area contributed by atoms with Crippen molar-refractivity contribution in [3.05, 3.63) is 34.9 Å². The van der Waals surface area contributed by atoms with Crippen LogP contribution in [0.3, 0.4) is 0 Å². The lowest BCUT2D eigenvalue weighted by atomic mass is 10.2. The Bertz CT molecular complexity index is 502. The van der Waals surface area contributed by atoms with E-state index < -0.39 is 23.8 Å². The number of aliphatic carboxylic acids is 1. The second-order valence-corrected chi connectivity index (χ2v) is 4.57. The average molecular weight is 299 g/mol. The molecule has 0 spiro atoms. The minimum Gasteiger partial charge on any atom is -0.481 e. The molecule has 0 aliphatic rings. The first-order chi connectivity index (χ1) is 9.40. The fourth-order valence-corrected chi connectivity index (χ4v) is 1.52. The maximum atomic E-state index is 11.8. The molecular weight excluding hydrogens is 284 g/mol. The fourth-order valence-electron chi connectivity index (χ4n) is 1.39. The van der Waals surface area contributed by atoms with Crippen molar-refractivity contribution in [1.29, 1.82) is 0 Å². The zero-order chi connectivity index (χ0) is 15.1. The molecule has 1 aromatic carbocycles. The van der Waals surface area contributed by atoms with E-state index >= 15 is 0 Å². The van der Waals surface area contributed by atoms with Crippen molar-refractivity contribution >= 4 is 29.4 Å². The summed E-state index contributed by atoms with van der Waals surface area (Å²) in [5.74, 6) is -1.83. The number of benzene rings is 1. The third-order valence-electron chi connectivity index (χ3n) is 2.49. The lowest BCUT2D eigenvalue weighted by Crippen LogP contribution is -2.45. The topological polar surface area (TPSA) is 95.5 Å². The van der Waals surface area contributed by atoms with E-state index in [1.807, 2.05) is 0 Å². The summed E-state index contributed by atoms with van der Waals surface area (Å²) in [6.45, 7) is 1.54. The van der Waals surface area contributed by atoms with Crippen molar-refractivity contribution < 1.29 is 19.5 Å². The third kappa shape index (κ3) is 5.27. The van der Waals surface area contributed by atoms with Crippen LogP contribution in [0, 0.1) is 0 Å². The molecule has 1 unspecified atom stereocenters. The first-order valence-corrected chi connectivity index (χ1v) is 6.34. The van der Waals surface area contributed by atoms with Crippen LogP contribution in [0.15, 0.2) is 24.3 Å². The zero-order valence-electron chi connectivity index (χ0n) is 10.9. The van der Waals surface area contributed by atoms with Gasteiger partial charge in [-0.1, -0.05) is 11.6 Å². The Balaban J connectivity index is 2.46. The van der Waals surface area contributed by atoms with E-state index in [4.69, 9.17) is 16.7 Å². The van der Waals surface area contributed by atoms with E-state index in [9.17, 15) is 14.4 Å². The minimum absolute atomic E-state index is 0.0231. The summed E-state index contributed by atoms with van der Waals surface area (Å²) in [5.41, 5.74) is 0.389. The van der Waals surface area contributed by atoms with Gasteiger partial charge in [-0.2, -0.15) is 0 Å². The van der Waals surface area contributed by atoms with Crippen molar-refractivity contribution in [3.8, 4) is 0 Å². The molecule has 0 saturated heterocycles. The van der Waals surface area contributed by atoms with Gasteiger partial charge < -0.3 is 15.7 Å². The van der Waals surface area contributed by atoms with Crippen molar-refractivity contribution in [2.24, 2.45) is 0 Å². The zero-order valence-corrected chi connectivity index (χ0v) is 11.6. The highest BCUT2D eigenvalue weighted by molar-refractivity contribution is 6.30. The molecular formula is C13H15ClN2O4. The molecule has 108 valence electrons. The number of hydrogen-bond acceptors (Lipinski definition) is 3. The van der Waals surface area contributed by atoms with Crippen molar-refractivity contribution in [2.75, 3.05) is 6.54 Å². The van der Waals surface area contributed by atoms with E-state index in [2.05, 4.69) is 10.6 Å². The van der Waals surface area contributed by atoms with Gasteiger partial charge in [0, 0.05) is 17.1 Å². The average Bonchev–Trinajstić information content (AvgIpc) is 2.38. The number of nitrogens with one attached hydrogen (secondary N) is 2. The molecule has 0 radical (unpaired) electrons. The molecule has 7 heteroatoms. The van der Waals surface area contributed by atoms with Gasteiger partial charge in [0.25, 0.3) is 5.91 Å². The first kappa shape index (κ1) is 16.0. The van der Waals surface area contributed by atoms with Gasteiger partial charge in [0.05, 0.1) is 6.42 Å². The summed E-state index contributed by atoms with van der Waals surface area (Å²) in [5, 5.41) is 13.9. The number of hydrogen-bond donors (Lipinski definition) is 3. The lowest BCUT2D eigenvalue weighted by Gasteiger charge is -2.13. The van der Waals surface area contributed by atoms with Crippen LogP contribution in [0.2, 0.25) is 5.02 Å². The maximum Gasteiger partial charge on any atom is 0.305 e. The summed E-state index contributed by atoms with van der Waals surface area (Å²) in [6.07, 6.45) is -0.163. The van der Waals surface area contributed by atoms with Crippen LogP contribution in [0.25, 0.3) is 0 Å². The molecule has 0 aliphatic heterocycles. The molecule has 2 amide bonds. The normalized spacial score (nSPS) is 11.5. The Morgan fingerprint density at radius 1 is 1.25 bits per heavy atom. The van der Waals surface area contributed by atoms with Crippen molar-refractivity contribution in [1.82, 2.24) is 10.6 Å². The summed E-state index contributed by atoms with van der Waals surface area (Å²) in [7, 11) is 0. The number of carboxylic acids is 1. The summed E-state index contributed by atoms with van der Waals surface area (Å²) < 4.78 is 0. The SMILES string of the molecule is CC(NC(=O)c1ccc(Cl)cc1)C(=O)NCCC(=O)O. The fraction of sp³-hybridized carbons (Fsp3) is 0.308. The molecule has 1 rings (SSSR count). The molecule has 20 heavy (non-hydrogen) atoms. The van der Waals surface area contributed by atoms with Crippen molar-refractivity contribution in [2.45, 2.75) is 19.4 Å². The van der Waals surface area contributed by atoms with Crippen LogP contribution >= 0.6 is 11.6 Å². The largest absolute Gasteiger partial charge is 0.481 e. The van der Waals surface area contributed by atoms with Gasteiger partial charge in [0.1, 0.15) is 6.04 Å². The highest BCUT2D eigenvalue weighted by Gasteiger charge is 2.16. The molecule has 0 heterocycles.